The molecule has 0 radical (unpaired) electrons. The molecule has 0 fully saturated rings. The summed E-state index contributed by atoms with van der Waals surface area (Å²) in [4.78, 5) is 1.13. The Morgan fingerprint density at radius 2 is 1.34 bits per heavy atom. The predicted octanol–water partition coefficient (Wildman–Crippen LogP) is 7.01. The predicted molar refractivity (Wildman–Crippen MR) is 124 cm³/mol. The fraction of sp³-hybridized carbons (Fsp3) is 0.308. The lowest BCUT2D eigenvalue weighted by Gasteiger charge is -2.27. The third-order valence-corrected chi connectivity index (χ3v) is 6.65. The summed E-state index contributed by atoms with van der Waals surface area (Å²) >= 11 is 1.78. The van der Waals surface area contributed by atoms with Crippen molar-refractivity contribution in [3.8, 4) is 28.0 Å². The molecule has 3 heteroatoms. The molecule has 2 nitrogen and oxygen atoms in total. The zero-order chi connectivity index (χ0) is 20.9. The smallest absolute Gasteiger partial charge is 0.131 e. The fourth-order valence-electron chi connectivity index (χ4n) is 3.28. The number of benzene rings is 3. The first kappa shape index (κ1) is 21.5. The standard InChI is InChI=1S/C26H30O2S/c1-19(2)26(3,28)15-10-16-29-22-17-23(20-11-6-4-7-12-20)25(27)24(18-22)21-13-8-5-9-14-21/h4-9,11-14,17-19,27-28H,10,15-16H2,1-3H3. The molecule has 0 aliphatic carbocycles. The Hall–Kier alpha value is -2.23. The minimum absolute atomic E-state index is 0.246. The van der Waals surface area contributed by atoms with Crippen molar-refractivity contribution in [1.82, 2.24) is 0 Å². The Kier molecular flexibility index (Phi) is 7.05. The number of hydrogen-bond donors (Lipinski definition) is 2. The van der Waals surface area contributed by atoms with Gasteiger partial charge in [0.05, 0.1) is 5.60 Å². The first-order valence-corrected chi connectivity index (χ1v) is 11.2. The zero-order valence-corrected chi connectivity index (χ0v) is 18.2. The van der Waals surface area contributed by atoms with Crippen LogP contribution in [0.1, 0.15) is 33.6 Å². The van der Waals surface area contributed by atoms with Crippen molar-refractivity contribution in [2.45, 2.75) is 44.1 Å². The summed E-state index contributed by atoms with van der Waals surface area (Å²) in [5, 5.41) is 21.5. The van der Waals surface area contributed by atoms with E-state index in [2.05, 4.69) is 26.0 Å². The second-order valence-corrected chi connectivity index (χ2v) is 9.23. The lowest BCUT2D eigenvalue weighted by atomic mass is 9.88. The molecule has 0 saturated carbocycles. The van der Waals surface area contributed by atoms with E-state index in [0.29, 0.717) is 5.75 Å². The summed E-state index contributed by atoms with van der Waals surface area (Å²) in [6.45, 7) is 6.04. The molecular formula is C26H30O2S. The van der Waals surface area contributed by atoms with Gasteiger partial charge in [-0.05, 0) is 54.7 Å². The lowest BCUT2D eigenvalue weighted by molar-refractivity contribution is 0.00504. The van der Waals surface area contributed by atoms with Crippen LogP contribution in [0.15, 0.2) is 77.7 Å². The Morgan fingerprint density at radius 1 is 0.862 bits per heavy atom. The van der Waals surface area contributed by atoms with Gasteiger partial charge in [0.15, 0.2) is 0 Å². The average molecular weight is 407 g/mol. The maximum absolute atomic E-state index is 11.0. The van der Waals surface area contributed by atoms with E-state index in [1.54, 1.807) is 11.8 Å². The molecular weight excluding hydrogens is 376 g/mol. The molecule has 1 atom stereocenters. The second-order valence-electron chi connectivity index (χ2n) is 8.06. The van der Waals surface area contributed by atoms with Gasteiger partial charge in [-0.3, -0.25) is 0 Å². The van der Waals surface area contributed by atoms with Crippen molar-refractivity contribution >= 4 is 11.8 Å². The van der Waals surface area contributed by atoms with Gasteiger partial charge in [-0.2, -0.15) is 0 Å². The minimum Gasteiger partial charge on any atom is -0.507 e. The summed E-state index contributed by atoms with van der Waals surface area (Å²) in [6.07, 6.45) is 1.73. The van der Waals surface area contributed by atoms with Crippen LogP contribution in [0, 0.1) is 5.92 Å². The van der Waals surface area contributed by atoms with E-state index in [-0.39, 0.29) is 5.92 Å². The maximum Gasteiger partial charge on any atom is 0.131 e. The maximum atomic E-state index is 11.0. The van der Waals surface area contributed by atoms with Crippen molar-refractivity contribution in [2.75, 3.05) is 5.75 Å². The third kappa shape index (κ3) is 5.43. The van der Waals surface area contributed by atoms with Crippen molar-refractivity contribution in [3.63, 3.8) is 0 Å². The van der Waals surface area contributed by atoms with Crippen LogP contribution in [0.2, 0.25) is 0 Å². The molecule has 0 aliphatic rings. The highest BCUT2D eigenvalue weighted by Crippen LogP contribution is 2.41. The molecule has 0 heterocycles. The van der Waals surface area contributed by atoms with Gasteiger partial charge in [-0.15, -0.1) is 11.8 Å². The first-order chi connectivity index (χ1) is 13.9. The molecule has 0 aromatic heterocycles. The third-order valence-electron chi connectivity index (χ3n) is 5.59. The topological polar surface area (TPSA) is 40.5 Å². The quantitative estimate of drug-likeness (QED) is 0.312. The Morgan fingerprint density at radius 3 is 1.79 bits per heavy atom. The molecule has 0 saturated heterocycles. The van der Waals surface area contributed by atoms with E-state index in [1.807, 2.05) is 67.6 Å². The molecule has 0 amide bonds. The van der Waals surface area contributed by atoms with Crippen molar-refractivity contribution in [2.24, 2.45) is 5.92 Å². The number of aromatic hydroxyl groups is 1. The SMILES string of the molecule is CC(C)C(C)(O)CCCSc1cc(-c2ccccc2)c(O)c(-c2ccccc2)c1. The molecule has 2 N–H and O–H groups in total. The zero-order valence-electron chi connectivity index (χ0n) is 17.4. The van der Waals surface area contributed by atoms with Gasteiger partial charge >= 0.3 is 0 Å². The molecule has 152 valence electrons. The van der Waals surface area contributed by atoms with E-state index in [1.165, 1.54) is 0 Å². The summed E-state index contributed by atoms with van der Waals surface area (Å²) in [5.74, 6) is 1.49. The highest BCUT2D eigenvalue weighted by Gasteiger charge is 2.24. The van der Waals surface area contributed by atoms with Gasteiger partial charge in [0, 0.05) is 16.0 Å². The number of thioether (sulfide) groups is 1. The van der Waals surface area contributed by atoms with Crippen LogP contribution >= 0.6 is 11.8 Å². The van der Waals surface area contributed by atoms with Gasteiger partial charge in [0.2, 0.25) is 0 Å². The van der Waals surface area contributed by atoms with Gasteiger partial charge in [-0.1, -0.05) is 74.5 Å². The molecule has 1 unspecified atom stereocenters. The van der Waals surface area contributed by atoms with Crippen LogP contribution < -0.4 is 0 Å². The van der Waals surface area contributed by atoms with E-state index in [4.69, 9.17) is 0 Å². The number of aliphatic hydroxyl groups is 1. The van der Waals surface area contributed by atoms with Crippen LogP contribution in [-0.4, -0.2) is 21.6 Å². The summed E-state index contributed by atoms with van der Waals surface area (Å²) in [7, 11) is 0. The monoisotopic (exact) mass is 406 g/mol. The first-order valence-electron chi connectivity index (χ1n) is 10.2. The van der Waals surface area contributed by atoms with Crippen molar-refractivity contribution in [1.29, 1.82) is 0 Å². The molecule has 3 rings (SSSR count). The van der Waals surface area contributed by atoms with Crippen LogP contribution in [0.4, 0.5) is 0 Å². The van der Waals surface area contributed by atoms with Crippen LogP contribution in [0.5, 0.6) is 5.75 Å². The van der Waals surface area contributed by atoms with Crippen molar-refractivity contribution < 1.29 is 10.2 Å². The number of phenols is 1. The van der Waals surface area contributed by atoms with Crippen LogP contribution in [-0.2, 0) is 0 Å². The normalized spacial score (nSPS) is 13.4. The molecule has 3 aromatic carbocycles. The number of phenolic OH excluding ortho intramolecular Hbond substituents is 1. The highest BCUT2D eigenvalue weighted by molar-refractivity contribution is 7.99. The van der Waals surface area contributed by atoms with Crippen LogP contribution in [0.3, 0.4) is 0 Å². The average Bonchev–Trinajstić information content (AvgIpc) is 2.73. The van der Waals surface area contributed by atoms with Crippen LogP contribution in [0.25, 0.3) is 22.3 Å². The fourth-order valence-corrected chi connectivity index (χ4v) is 4.20. The molecule has 0 aliphatic heterocycles. The second kappa shape index (κ2) is 9.51. The molecule has 0 spiro atoms. The minimum atomic E-state index is -0.625. The summed E-state index contributed by atoms with van der Waals surface area (Å²) in [6, 6.07) is 24.2. The van der Waals surface area contributed by atoms with Gasteiger partial charge in [-0.25, -0.2) is 0 Å². The van der Waals surface area contributed by atoms with Gasteiger partial charge in [0.25, 0.3) is 0 Å². The number of rotatable bonds is 8. The molecule has 0 bridgehead atoms. The Balaban J connectivity index is 1.87. The lowest BCUT2D eigenvalue weighted by Crippen LogP contribution is -2.30. The Labute approximate surface area is 178 Å². The summed E-state index contributed by atoms with van der Waals surface area (Å²) < 4.78 is 0. The van der Waals surface area contributed by atoms with E-state index in [0.717, 1.165) is 45.7 Å². The van der Waals surface area contributed by atoms with Gasteiger partial charge < -0.3 is 10.2 Å². The molecule has 3 aromatic rings. The largest absolute Gasteiger partial charge is 0.507 e. The molecule has 29 heavy (non-hydrogen) atoms. The van der Waals surface area contributed by atoms with Crippen molar-refractivity contribution in [3.05, 3.63) is 72.8 Å². The van der Waals surface area contributed by atoms with Gasteiger partial charge in [0.1, 0.15) is 5.75 Å². The van der Waals surface area contributed by atoms with E-state index >= 15 is 0 Å². The number of hydrogen-bond acceptors (Lipinski definition) is 3. The van der Waals surface area contributed by atoms with E-state index in [9.17, 15) is 10.2 Å². The Bertz CT molecular complexity index is 857. The summed E-state index contributed by atoms with van der Waals surface area (Å²) in [5.41, 5.74) is 3.09. The van der Waals surface area contributed by atoms with E-state index < -0.39 is 5.60 Å². The highest BCUT2D eigenvalue weighted by atomic mass is 32.2.